The van der Waals surface area contributed by atoms with Crippen molar-refractivity contribution in [2.45, 2.75) is 38.5 Å². The van der Waals surface area contributed by atoms with E-state index in [1.807, 2.05) is 0 Å². The maximum Gasteiger partial charge on any atom is 0.419 e. The van der Waals surface area contributed by atoms with Crippen molar-refractivity contribution in [1.29, 1.82) is 0 Å². The molecule has 0 fully saturated rings. The number of ketones is 1. The summed E-state index contributed by atoms with van der Waals surface area (Å²) in [7, 11) is 0. The highest BCUT2D eigenvalue weighted by Gasteiger charge is 2.37. The maximum atomic E-state index is 13.9. The molecular formula is C22H18F4N4O3S. The number of amides is 1. The Morgan fingerprint density at radius 3 is 2.65 bits per heavy atom. The lowest BCUT2D eigenvalue weighted by Crippen LogP contribution is -3.13. The molecule has 4 rings (SSSR count). The van der Waals surface area contributed by atoms with E-state index >= 15 is 0 Å². The second-order valence-electron chi connectivity index (χ2n) is 7.93. The standard InChI is InChI=1S/C22H18F4N4O3S/c1-10-14-8-27-7-13(19(14)20(32)11(2)30(10)33)6-18(31)29-21-28-17(9-34-21)12-3-4-15(16(23)5-12)22(24,25)26/h3-5,7-11,30H,6H2,1-2H3,(H,28,29,31). The summed E-state index contributed by atoms with van der Waals surface area (Å²) in [5.74, 6) is -2.28. The summed E-state index contributed by atoms with van der Waals surface area (Å²) >= 11 is 1.01. The highest BCUT2D eigenvalue weighted by molar-refractivity contribution is 7.14. The number of nitrogens with zero attached hydrogens (tertiary/aromatic N) is 2. The van der Waals surface area contributed by atoms with Crippen LogP contribution in [0.5, 0.6) is 0 Å². The lowest BCUT2D eigenvalue weighted by atomic mass is 9.87. The van der Waals surface area contributed by atoms with Crippen molar-refractivity contribution in [1.82, 2.24) is 9.97 Å². The fraction of sp³-hybridized carbons (Fsp3) is 0.273. The topological polar surface area (TPSA) is 99.5 Å². The fourth-order valence-corrected chi connectivity index (χ4v) is 4.60. The van der Waals surface area contributed by atoms with Crippen LogP contribution in [0.4, 0.5) is 22.7 Å². The molecule has 0 radical (unpaired) electrons. The molecule has 1 aliphatic heterocycles. The van der Waals surface area contributed by atoms with Gasteiger partial charge in [0, 0.05) is 34.5 Å². The van der Waals surface area contributed by atoms with Crippen LogP contribution in [0.2, 0.25) is 0 Å². The molecule has 3 heterocycles. The van der Waals surface area contributed by atoms with Gasteiger partial charge in [0.2, 0.25) is 11.7 Å². The number of carbonyl (C=O) groups is 2. The molecule has 3 aromatic rings. The maximum absolute atomic E-state index is 13.9. The van der Waals surface area contributed by atoms with Crippen LogP contribution in [0, 0.1) is 11.0 Å². The van der Waals surface area contributed by atoms with Crippen LogP contribution >= 0.6 is 11.3 Å². The number of rotatable bonds is 4. The first-order valence-electron chi connectivity index (χ1n) is 10.1. The summed E-state index contributed by atoms with van der Waals surface area (Å²) < 4.78 is 52.1. The first-order valence-corrected chi connectivity index (χ1v) is 11.0. The van der Waals surface area contributed by atoms with E-state index < -0.39 is 35.5 Å². The second-order valence-corrected chi connectivity index (χ2v) is 8.79. The number of Topliss-reactive ketones (excluding diaryl/α,β-unsaturated/α-hetero) is 1. The minimum atomic E-state index is -4.81. The number of aromatic nitrogens is 2. The van der Waals surface area contributed by atoms with Crippen LogP contribution < -0.4 is 10.4 Å². The predicted octanol–water partition coefficient (Wildman–Crippen LogP) is 3.57. The van der Waals surface area contributed by atoms with E-state index in [9.17, 15) is 32.4 Å². The van der Waals surface area contributed by atoms with Gasteiger partial charge in [-0.2, -0.15) is 13.2 Å². The van der Waals surface area contributed by atoms with Gasteiger partial charge in [0.15, 0.2) is 5.13 Å². The van der Waals surface area contributed by atoms with E-state index in [1.165, 1.54) is 24.7 Å². The molecule has 1 aromatic carbocycles. The van der Waals surface area contributed by atoms with Crippen molar-refractivity contribution < 1.29 is 32.2 Å². The van der Waals surface area contributed by atoms with E-state index in [4.69, 9.17) is 0 Å². The van der Waals surface area contributed by atoms with Gasteiger partial charge >= 0.3 is 6.18 Å². The Kier molecular flexibility index (Phi) is 6.23. The van der Waals surface area contributed by atoms with Gasteiger partial charge in [-0.3, -0.25) is 14.6 Å². The van der Waals surface area contributed by atoms with Gasteiger partial charge in [0.1, 0.15) is 17.9 Å². The molecule has 2 N–H and O–H groups in total. The molecule has 1 amide bonds. The molecule has 178 valence electrons. The van der Waals surface area contributed by atoms with Crippen LogP contribution in [0.15, 0.2) is 36.0 Å². The lowest BCUT2D eigenvalue weighted by Gasteiger charge is -2.39. The highest BCUT2D eigenvalue weighted by atomic mass is 32.1. The number of carbonyl (C=O) groups excluding carboxylic acids is 2. The minimum absolute atomic E-state index is 0.127. The first-order chi connectivity index (χ1) is 16.0. The monoisotopic (exact) mass is 494 g/mol. The van der Waals surface area contributed by atoms with Crippen LogP contribution in [-0.2, 0) is 17.4 Å². The van der Waals surface area contributed by atoms with Gasteiger partial charge < -0.3 is 15.6 Å². The zero-order chi connectivity index (χ0) is 24.8. The van der Waals surface area contributed by atoms with Crippen LogP contribution in [0.25, 0.3) is 11.3 Å². The highest BCUT2D eigenvalue weighted by Crippen LogP contribution is 2.34. The molecule has 0 bridgehead atoms. The zero-order valence-corrected chi connectivity index (χ0v) is 18.7. The van der Waals surface area contributed by atoms with E-state index in [0.717, 1.165) is 23.5 Å². The van der Waals surface area contributed by atoms with Crippen molar-refractivity contribution >= 4 is 28.2 Å². The average Bonchev–Trinajstić information content (AvgIpc) is 3.23. The minimum Gasteiger partial charge on any atom is -0.633 e. The van der Waals surface area contributed by atoms with E-state index in [0.29, 0.717) is 22.8 Å². The lowest BCUT2D eigenvalue weighted by molar-refractivity contribution is -0.895. The van der Waals surface area contributed by atoms with Crippen LogP contribution in [-0.4, -0.2) is 27.7 Å². The molecule has 1 aliphatic rings. The Labute approximate surface area is 195 Å². The van der Waals surface area contributed by atoms with E-state index in [1.54, 1.807) is 6.92 Å². The molecule has 3 unspecified atom stereocenters. The summed E-state index contributed by atoms with van der Waals surface area (Å²) in [5.41, 5.74) is 0.140. The number of anilines is 1. The number of fused-ring (bicyclic) bond motifs is 1. The number of nitrogens with one attached hydrogen (secondary N) is 2. The number of thiazole rings is 1. The fourth-order valence-electron chi connectivity index (χ4n) is 3.86. The van der Waals surface area contributed by atoms with Crippen LogP contribution in [0.1, 0.15) is 46.9 Å². The average molecular weight is 494 g/mol. The van der Waals surface area contributed by atoms with Crippen molar-refractivity contribution in [2.24, 2.45) is 0 Å². The number of hydrogen-bond donors (Lipinski definition) is 2. The molecule has 0 spiro atoms. The molecule has 3 atom stereocenters. The summed E-state index contributed by atoms with van der Waals surface area (Å²) in [6.07, 6.45) is -2.14. The van der Waals surface area contributed by atoms with Crippen molar-refractivity contribution in [3.8, 4) is 11.3 Å². The summed E-state index contributed by atoms with van der Waals surface area (Å²) in [6, 6.07) is 1.16. The van der Waals surface area contributed by atoms with Crippen molar-refractivity contribution in [3.63, 3.8) is 0 Å². The van der Waals surface area contributed by atoms with Gasteiger partial charge in [-0.15, -0.1) is 11.3 Å². The molecule has 2 aromatic heterocycles. The van der Waals surface area contributed by atoms with Crippen molar-refractivity contribution in [2.75, 3.05) is 5.32 Å². The molecule has 0 aliphatic carbocycles. The van der Waals surface area contributed by atoms with Gasteiger partial charge in [-0.1, -0.05) is 6.07 Å². The second kappa shape index (κ2) is 8.85. The number of hydrogen-bond acceptors (Lipinski definition) is 6. The summed E-state index contributed by atoms with van der Waals surface area (Å²) in [5, 5.41) is 16.3. The quantitative estimate of drug-likeness (QED) is 0.427. The number of halogens is 4. The number of hydroxylamine groups is 2. The molecular weight excluding hydrogens is 476 g/mol. The number of alkyl halides is 3. The van der Waals surface area contributed by atoms with Crippen LogP contribution in [0.3, 0.4) is 0 Å². The molecule has 34 heavy (non-hydrogen) atoms. The smallest absolute Gasteiger partial charge is 0.419 e. The molecule has 7 nitrogen and oxygen atoms in total. The van der Waals surface area contributed by atoms with Gasteiger partial charge in [0.25, 0.3) is 0 Å². The molecule has 0 saturated carbocycles. The zero-order valence-electron chi connectivity index (χ0n) is 17.9. The Hall–Kier alpha value is -3.22. The third-order valence-corrected chi connectivity index (χ3v) is 6.44. The van der Waals surface area contributed by atoms with Gasteiger partial charge in [0.05, 0.1) is 17.7 Å². The largest absolute Gasteiger partial charge is 0.633 e. The van der Waals surface area contributed by atoms with E-state index in [-0.39, 0.29) is 33.7 Å². The normalized spacial score (nSPS) is 20.2. The van der Waals surface area contributed by atoms with Gasteiger partial charge in [-0.25, -0.2) is 9.37 Å². The summed E-state index contributed by atoms with van der Waals surface area (Å²) in [4.78, 5) is 33.5. The number of pyridine rings is 1. The SMILES string of the molecule is CC1C(=O)c2c(CC(=O)Nc3nc(-c4ccc(C(F)(F)F)c(F)c4)cs3)cncc2C(C)[NH+]1[O-]. The van der Waals surface area contributed by atoms with Crippen molar-refractivity contribution in [3.05, 3.63) is 69.3 Å². The molecule has 0 saturated heterocycles. The Morgan fingerprint density at radius 2 is 1.97 bits per heavy atom. The molecule has 12 heteroatoms. The Morgan fingerprint density at radius 1 is 1.24 bits per heavy atom. The first kappa shape index (κ1) is 23.9. The Bertz CT molecular complexity index is 1280. The number of benzene rings is 1. The van der Waals surface area contributed by atoms with E-state index in [2.05, 4.69) is 15.3 Å². The third kappa shape index (κ3) is 4.43. The Balaban J connectivity index is 1.51. The third-order valence-electron chi connectivity index (χ3n) is 5.69. The van der Waals surface area contributed by atoms with Gasteiger partial charge in [-0.05, 0) is 31.5 Å². The number of quaternary nitrogens is 1. The summed E-state index contributed by atoms with van der Waals surface area (Å²) in [6.45, 7) is 3.23. The predicted molar refractivity (Wildman–Crippen MR) is 116 cm³/mol.